The number of nitrogens with zero attached hydrogens (tertiary/aromatic N) is 1. The lowest BCUT2D eigenvalue weighted by molar-refractivity contribution is -0.183. The average molecular weight is 315 g/mol. The fraction of sp³-hybridized carbons (Fsp3) is 0.800. The summed E-state index contributed by atoms with van der Waals surface area (Å²) in [5.74, 6) is -2.02. The molecule has 0 unspecified atom stereocenters. The van der Waals surface area contributed by atoms with Crippen LogP contribution in [0.15, 0.2) is 0 Å². The maximum atomic E-state index is 12.4. The van der Waals surface area contributed by atoms with E-state index in [2.05, 4.69) is 0 Å². The lowest BCUT2D eigenvalue weighted by Gasteiger charge is -2.38. The van der Waals surface area contributed by atoms with E-state index in [0.717, 1.165) is 4.90 Å². The van der Waals surface area contributed by atoms with Crippen LogP contribution >= 0.6 is 0 Å². The molecule has 0 aromatic heterocycles. The molecule has 1 aliphatic heterocycles. The molecule has 0 saturated carbocycles. The third kappa shape index (κ3) is 4.89. The van der Waals surface area contributed by atoms with Gasteiger partial charge in [0.1, 0.15) is 17.2 Å². The number of esters is 2. The number of ether oxygens (including phenoxy) is 3. The molecule has 1 aliphatic rings. The second-order valence-corrected chi connectivity index (χ2v) is 7.31. The van der Waals surface area contributed by atoms with E-state index in [1.54, 1.807) is 41.5 Å². The van der Waals surface area contributed by atoms with Gasteiger partial charge in [0.25, 0.3) is 0 Å². The summed E-state index contributed by atoms with van der Waals surface area (Å²) >= 11 is 0. The Kier molecular flexibility index (Phi) is 5.10. The molecule has 0 radical (unpaired) electrons. The van der Waals surface area contributed by atoms with Gasteiger partial charge in [0, 0.05) is 0 Å². The Hall–Kier alpha value is -1.79. The number of cyclic esters (lactones) is 1. The molecule has 22 heavy (non-hydrogen) atoms. The quantitative estimate of drug-likeness (QED) is 0.544. The summed E-state index contributed by atoms with van der Waals surface area (Å²) in [5, 5.41) is 0. The van der Waals surface area contributed by atoms with Crippen LogP contribution in [-0.2, 0) is 23.8 Å². The van der Waals surface area contributed by atoms with E-state index in [-0.39, 0.29) is 6.73 Å². The predicted molar refractivity (Wildman–Crippen MR) is 77.8 cm³/mol. The molecule has 1 fully saturated rings. The van der Waals surface area contributed by atoms with Crippen molar-refractivity contribution >= 4 is 18.0 Å². The van der Waals surface area contributed by atoms with Gasteiger partial charge in [0.05, 0.1) is 5.92 Å². The molecule has 126 valence electrons. The molecule has 0 N–H and O–H groups in total. The van der Waals surface area contributed by atoms with Crippen LogP contribution in [0.3, 0.4) is 0 Å². The molecule has 0 bridgehead atoms. The Morgan fingerprint density at radius 2 is 1.59 bits per heavy atom. The highest BCUT2D eigenvalue weighted by atomic mass is 16.6. The van der Waals surface area contributed by atoms with Gasteiger partial charge in [-0.1, -0.05) is 0 Å². The largest absolute Gasteiger partial charge is 0.458 e. The van der Waals surface area contributed by atoms with Crippen LogP contribution < -0.4 is 0 Å². The minimum absolute atomic E-state index is 0.331. The molecule has 7 heteroatoms. The number of carbonyl (C=O) groups is 3. The van der Waals surface area contributed by atoms with Crippen LogP contribution in [0.4, 0.5) is 4.79 Å². The summed E-state index contributed by atoms with van der Waals surface area (Å²) in [6.07, 6.45) is -0.720. The summed E-state index contributed by atoms with van der Waals surface area (Å²) in [6.45, 7) is 11.5. The fourth-order valence-corrected chi connectivity index (χ4v) is 1.92. The zero-order valence-electron chi connectivity index (χ0n) is 14.3. The van der Waals surface area contributed by atoms with E-state index in [9.17, 15) is 14.4 Å². The zero-order valence-corrected chi connectivity index (χ0v) is 14.3. The Balaban J connectivity index is 3.00. The SMILES string of the molecule is C[C@@H]1C(=O)OCN(C(=O)OC(C)(C)C)[C@@H]1C(=O)OC(C)(C)C. The number of hydrogen-bond acceptors (Lipinski definition) is 6. The van der Waals surface area contributed by atoms with E-state index in [4.69, 9.17) is 14.2 Å². The van der Waals surface area contributed by atoms with E-state index in [1.807, 2.05) is 0 Å². The fourth-order valence-electron chi connectivity index (χ4n) is 1.92. The van der Waals surface area contributed by atoms with E-state index in [1.165, 1.54) is 6.92 Å². The molecule has 0 aromatic carbocycles. The first kappa shape index (κ1) is 18.3. The lowest BCUT2D eigenvalue weighted by atomic mass is 9.99. The Morgan fingerprint density at radius 1 is 1.09 bits per heavy atom. The molecule has 7 nitrogen and oxygen atoms in total. The summed E-state index contributed by atoms with van der Waals surface area (Å²) in [5.41, 5.74) is -1.45. The van der Waals surface area contributed by atoms with Crippen molar-refractivity contribution in [2.45, 2.75) is 65.7 Å². The van der Waals surface area contributed by atoms with Crippen molar-refractivity contribution in [3.63, 3.8) is 0 Å². The first-order valence-electron chi connectivity index (χ1n) is 7.21. The van der Waals surface area contributed by atoms with Gasteiger partial charge in [-0.25, -0.2) is 9.59 Å². The lowest BCUT2D eigenvalue weighted by Crippen LogP contribution is -2.58. The summed E-state index contributed by atoms with van der Waals surface area (Å²) in [7, 11) is 0. The van der Waals surface area contributed by atoms with Crippen molar-refractivity contribution in [3.05, 3.63) is 0 Å². The van der Waals surface area contributed by atoms with Gasteiger partial charge in [0.2, 0.25) is 0 Å². The van der Waals surface area contributed by atoms with Crippen molar-refractivity contribution < 1.29 is 28.6 Å². The van der Waals surface area contributed by atoms with Gasteiger partial charge in [-0.2, -0.15) is 0 Å². The predicted octanol–water partition coefficient (Wildman–Crippen LogP) is 2.08. The van der Waals surface area contributed by atoms with Gasteiger partial charge < -0.3 is 14.2 Å². The monoisotopic (exact) mass is 315 g/mol. The second kappa shape index (κ2) is 6.14. The number of hydrogen-bond donors (Lipinski definition) is 0. The third-order valence-electron chi connectivity index (χ3n) is 2.80. The average Bonchev–Trinajstić information content (AvgIpc) is 2.27. The van der Waals surface area contributed by atoms with E-state index >= 15 is 0 Å². The number of carbonyl (C=O) groups excluding carboxylic acids is 3. The molecule has 0 spiro atoms. The molecule has 1 rings (SSSR count). The summed E-state index contributed by atoms with van der Waals surface area (Å²) < 4.78 is 15.5. The van der Waals surface area contributed by atoms with Crippen molar-refractivity contribution in [2.24, 2.45) is 5.92 Å². The Morgan fingerprint density at radius 3 is 2.05 bits per heavy atom. The highest BCUT2D eigenvalue weighted by Crippen LogP contribution is 2.24. The van der Waals surface area contributed by atoms with Gasteiger partial charge >= 0.3 is 18.0 Å². The van der Waals surface area contributed by atoms with E-state index < -0.39 is 41.2 Å². The normalized spacial score (nSPS) is 22.9. The molecule has 2 atom stereocenters. The van der Waals surface area contributed by atoms with Gasteiger partial charge in [-0.15, -0.1) is 0 Å². The highest BCUT2D eigenvalue weighted by molar-refractivity contribution is 5.89. The third-order valence-corrected chi connectivity index (χ3v) is 2.80. The maximum Gasteiger partial charge on any atom is 0.413 e. The number of amides is 1. The van der Waals surface area contributed by atoms with Crippen molar-refractivity contribution in [1.82, 2.24) is 4.90 Å². The van der Waals surface area contributed by atoms with Crippen molar-refractivity contribution in [1.29, 1.82) is 0 Å². The van der Waals surface area contributed by atoms with Crippen LogP contribution in [0, 0.1) is 5.92 Å². The Labute approximate surface area is 130 Å². The standard InChI is InChI=1S/C15H25NO6/c1-9-10(12(18)21-14(2,3)4)16(8-20-11(9)17)13(19)22-15(5,6)7/h9-10H,8H2,1-7H3/t9-,10-/m0/s1. The van der Waals surface area contributed by atoms with Gasteiger partial charge in [-0.3, -0.25) is 9.69 Å². The van der Waals surface area contributed by atoms with Crippen LogP contribution in [0.1, 0.15) is 48.5 Å². The molecular weight excluding hydrogens is 290 g/mol. The minimum atomic E-state index is -1.06. The number of rotatable bonds is 1. The van der Waals surface area contributed by atoms with Crippen molar-refractivity contribution in [3.8, 4) is 0 Å². The molecule has 0 aliphatic carbocycles. The first-order chi connectivity index (χ1) is 9.82. The van der Waals surface area contributed by atoms with Crippen LogP contribution in [0.5, 0.6) is 0 Å². The molecule has 1 amide bonds. The molecule has 1 saturated heterocycles. The topological polar surface area (TPSA) is 82.1 Å². The highest BCUT2D eigenvalue weighted by Gasteiger charge is 2.46. The van der Waals surface area contributed by atoms with Crippen LogP contribution in [-0.4, -0.2) is 46.9 Å². The molecular formula is C15H25NO6. The zero-order chi connectivity index (χ0) is 17.3. The van der Waals surface area contributed by atoms with Crippen molar-refractivity contribution in [2.75, 3.05) is 6.73 Å². The first-order valence-corrected chi connectivity index (χ1v) is 7.21. The molecule has 1 heterocycles. The smallest absolute Gasteiger partial charge is 0.413 e. The van der Waals surface area contributed by atoms with Gasteiger partial charge in [-0.05, 0) is 48.5 Å². The summed E-state index contributed by atoms with van der Waals surface area (Å²) in [4.78, 5) is 37.4. The summed E-state index contributed by atoms with van der Waals surface area (Å²) in [6, 6.07) is -1.06. The Bertz CT molecular complexity index is 460. The van der Waals surface area contributed by atoms with E-state index in [0.29, 0.717) is 0 Å². The van der Waals surface area contributed by atoms with Gasteiger partial charge in [0.15, 0.2) is 6.73 Å². The second-order valence-electron chi connectivity index (χ2n) is 7.31. The maximum absolute atomic E-state index is 12.4. The van der Waals surface area contributed by atoms with Crippen LogP contribution in [0.25, 0.3) is 0 Å². The van der Waals surface area contributed by atoms with Crippen LogP contribution in [0.2, 0.25) is 0 Å². The minimum Gasteiger partial charge on any atom is -0.458 e. The molecule has 0 aromatic rings.